The number of nitrogens with two attached hydrogens (primary N) is 1. The predicted molar refractivity (Wildman–Crippen MR) is 53.6 cm³/mol. The Kier molecular flexibility index (Phi) is 3.71. The van der Waals surface area contributed by atoms with Gasteiger partial charge < -0.3 is 10.2 Å². The smallest absolute Gasteiger partial charge is 0.242 e. The molecule has 0 aliphatic carbocycles. The molecule has 0 spiro atoms. The molecule has 0 fully saturated rings. The van der Waals surface area contributed by atoms with Crippen LogP contribution in [0.4, 0.5) is 0 Å². The fourth-order valence-corrected chi connectivity index (χ4v) is 1.54. The van der Waals surface area contributed by atoms with Gasteiger partial charge in [0.1, 0.15) is 11.8 Å². The van der Waals surface area contributed by atoms with Crippen molar-refractivity contribution in [3.05, 3.63) is 24.2 Å². The molecule has 0 saturated carbocycles. The number of amides is 1. The van der Waals surface area contributed by atoms with E-state index in [4.69, 9.17) is 10.2 Å². The zero-order valence-electron chi connectivity index (χ0n) is 8.56. The Bertz CT molecular complexity index is 278. The Labute approximate surface area is 83.7 Å². The van der Waals surface area contributed by atoms with Crippen molar-refractivity contribution in [1.82, 2.24) is 4.90 Å². The second-order valence-corrected chi connectivity index (χ2v) is 3.04. The van der Waals surface area contributed by atoms with Gasteiger partial charge in [-0.25, -0.2) is 0 Å². The van der Waals surface area contributed by atoms with Crippen molar-refractivity contribution in [2.45, 2.75) is 19.9 Å². The Hall–Kier alpha value is -1.29. The average Bonchev–Trinajstić information content (AvgIpc) is 2.65. The summed E-state index contributed by atoms with van der Waals surface area (Å²) >= 11 is 0. The molecule has 1 heterocycles. The maximum atomic E-state index is 11.3. The molecule has 1 amide bonds. The minimum absolute atomic E-state index is 0.372. The van der Waals surface area contributed by atoms with Crippen molar-refractivity contribution in [2.75, 3.05) is 13.1 Å². The van der Waals surface area contributed by atoms with E-state index in [0.717, 1.165) is 13.1 Å². The lowest BCUT2D eigenvalue weighted by atomic mass is 10.2. The highest BCUT2D eigenvalue weighted by molar-refractivity contribution is 5.80. The Morgan fingerprint density at radius 2 is 2.21 bits per heavy atom. The van der Waals surface area contributed by atoms with Crippen molar-refractivity contribution in [3.63, 3.8) is 0 Å². The van der Waals surface area contributed by atoms with E-state index in [9.17, 15) is 4.79 Å². The topological polar surface area (TPSA) is 59.5 Å². The van der Waals surface area contributed by atoms with E-state index in [-0.39, 0.29) is 5.91 Å². The quantitative estimate of drug-likeness (QED) is 0.768. The lowest BCUT2D eigenvalue weighted by molar-refractivity contribution is -0.124. The first-order valence-electron chi connectivity index (χ1n) is 4.77. The summed E-state index contributed by atoms with van der Waals surface area (Å²) in [5, 5.41) is 0. The Balaban J connectivity index is 2.89. The summed E-state index contributed by atoms with van der Waals surface area (Å²) in [6.45, 7) is 5.51. The lowest BCUT2D eigenvalue weighted by Gasteiger charge is -2.25. The normalized spacial score (nSPS) is 13.1. The summed E-state index contributed by atoms with van der Waals surface area (Å²) in [5.74, 6) is 0.241. The van der Waals surface area contributed by atoms with E-state index in [1.54, 1.807) is 18.4 Å². The molecule has 0 radical (unpaired) electrons. The molecule has 14 heavy (non-hydrogen) atoms. The molecule has 78 valence electrons. The highest BCUT2D eigenvalue weighted by atomic mass is 16.3. The van der Waals surface area contributed by atoms with Gasteiger partial charge in [-0.3, -0.25) is 9.69 Å². The molecule has 1 aromatic rings. The number of carbonyl (C=O) groups excluding carboxylic acids is 1. The molecule has 1 unspecified atom stereocenters. The van der Waals surface area contributed by atoms with Crippen molar-refractivity contribution < 1.29 is 9.21 Å². The second kappa shape index (κ2) is 4.81. The molecule has 0 saturated heterocycles. The van der Waals surface area contributed by atoms with Crippen molar-refractivity contribution in [3.8, 4) is 0 Å². The van der Waals surface area contributed by atoms with Gasteiger partial charge in [0, 0.05) is 0 Å². The average molecular weight is 196 g/mol. The number of likely N-dealkylation sites (N-methyl/N-ethyl adjacent to an activating group) is 1. The number of furan rings is 1. The maximum Gasteiger partial charge on any atom is 0.242 e. The molecular formula is C10H16N2O2. The van der Waals surface area contributed by atoms with Gasteiger partial charge in [0.25, 0.3) is 0 Å². The molecule has 0 aliphatic rings. The first kappa shape index (κ1) is 10.8. The summed E-state index contributed by atoms with van der Waals surface area (Å²) in [5.41, 5.74) is 5.34. The van der Waals surface area contributed by atoms with Gasteiger partial charge in [-0.15, -0.1) is 0 Å². The fourth-order valence-electron chi connectivity index (χ4n) is 1.54. The molecular weight excluding hydrogens is 180 g/mol. The van der Waals surface area contributed by atoms with Crippen molar-refractivity contribution in [1.29, 1.82) is 0 Å². The van der Waals surface area contributed by atoms with Gasteiger partial charge in [0.2, 0.25) is 5.91 Å². The van der Waals surface area contributed by atoms with Crippen LogP contribution in [0.2, 0.25) is 0 Å². The lowest BCUT2D eigenvalue weighted by Crippen LogP contribution is -2.37. The van der Waals surface area contributed by atoms with Crippen molar-refractivity contribution in [2.24, 2.45) is 5.73 Å². The SMILES string of the molecule is CCN(CC)C(C(N)=O)c1ccco1. The molecule has 0 aliphatic heterocycles. The number of primary amides is 1. The molecule has 1 aromatic heterocycles. The Morgan fingerprint density at radius 1 is 1.57 bits per heavy atom. The van der Waals surface area contributed by atoms with Crippen LogP contribution in [0.25, 0.3) is 0 Å². The van der Waals surface area contributed by atoms with E-state index < -0.39 is 6.04 Å². The van der Waals surface area contributed by atoms with E-state index in [2.05, 4.69) is 0 Å². The third-order valence-electron chi connectivity index (χ3n) is 2.26. The molecule has 0 bridgehead atoms. The molecule has 4 nitrogen and oxygen atoms in total. The molecule has 1 rings (SSSR count). The Morgan fingerprint density at radius 3 is 2.57 bits per heavy atom. The van der Waals surface area contributed by atoms with E-state index in [1.807, 2.05) is 18.7 Å². The number of hydrogen-bond donors (Lipinski definition) is 1. The molecule has 2 N–H and O–H groups in total. The highest BCUT2D eigenvalue weighted by Crippen LogP contribution is 2.20. The van der Waals surface area contributed by atoms with Crippen LogP contribution in [0, 0.1) is 0 Å². The van der Waals surface area contributed by atoms with Crippen LogP contribution in [0.1, 0.15) is 25.6 Å². The summed E-state index contributed by atoms with van der Waals surface area (Å²) in [4.78, 5) is 13.2. The minimum Gasteiger partial charge on any atom is -0.467 e. The van der Waals surface area contributed by atoms with Gasteiger partial charge >= 0.3 is 0 Å². The molecule has 0 aromatic carbocycles. The first-order chi connectivity index (χ1) is 6.70. The van der Waals surface area contributed by atoms with Gasteiger partial charge in [-0.2, -0.15) is 0 Å². The standard InChI is InChI=1S/C10H16N2O2/c1-3-12(4-2)9(10(11)13)8-6-5-7-14-8/h5-7,9H,3-4H2,1-2H3,(H2,11,13). The van der Waals surface area contributed by atoms with Crippen LogP contribution in [0.3, 0.4) is 0 Å². The maximum absolute atomic E-state index is 11.3. The van der Waals surface area contributed by atoms with Crippen LogP contribution >= 0.6 is 0 Å². The summed E-state index contributed by atoms with van der Waals surface area (Å²) in [6, 6.07) is 3.09. The molecule has 4 heteroatoms. The molecule has 1 atom stereocenters. The number of hydrogen-bond acceptors (Lipinski definition) is 3. The van der Waals surface area contributed by atoms with Crippen LogP contribution < -0.4 is 5.73 Å². The van der Waals surface area contributed by atoms with Crippen LogP contribution in [0.5, 0.6) is 0 Å². The van der Waals surface area contributed by atoms with Crippen LogP contribution in [-0.2, 0) is 4.79 Å². The van der Waals surface area contributed by atoms with E-state index in [1.165, 1.54) is 0 Å². The van der Waals surface area contributed by atoms with Gasteiger partial charge in [0.15, 0.2) is 0 Å². The summed E-state index contributed by atoms with van der Waals surface area (Å²) < 4.78 is 5.20. The largest absolute Gasteiger partial charge is 0.467 e. The highest BCUT2D eigenvalue weighted by Gasteiger charge is 2.25. The zero-order valence-corrected chi connectivity index (χ0v) is 8.56. The second-order valence-electron chi connectivity index (χ2n) is 3.04. The summed E-state index contributed by atoms with van der Waals surface area (Å²) in [6.07, 6.45) is 1.55. The van der Waals surface area contributed by atoms with E-state index in [0.29, 0.717) is 5.76 Å². The summed E-state index contributed by atoms with van der Waals surface area (Å²) in [7, 11) is 0. The number of carbonyl (C=O) groups is 1. The van der Waals surface area contributed by atoms with Crippen molar-refractivity contribution >= 4 is 5.91 Å². The third kappa shape index (κ3) is 2.14. The monoisotopic (exact) mass is 196 g/mol. The first-order valence-corrected chi connectivity index (χ1v) is 4.77. The van der Waals surface area contributed by atoms with Crippen LogP contribution in [-0.4, -0.2) is 23.9 Å². The van der Waals surface area contributed by atoms with Gasteiger partial charge in [-0.1, -0.05) is 13.8 Å². The van der Waals surface area contributed by atoms with Gasteiger partial charge in [0.05, 0.1) is 6.26 Å². The zero-order chi connectivity index (χ0) is 10.6. The van der Waals surface area contributed by atoms with Crippen LogP contribution in [0.15, 0.2) is 22.8 Å². The third-order valence-corrected chi connectivity index (χ3v) is 2.26. The number of nitrogens with zero attached hydrogens (tertiary/aromatic N) is 1. The van der Waals surface area contributed by atoms with Gasteiger partial charge in [-0.05, 0) is 25.2 Å². The predicted octanol–water partition coefficient (Wildman–Crippen LogP) is 1.15. The van der Waals surface area contributed by atoms with E-state index >= 15 is 0 Å². The fraction of sp³-hybridized carbons (Fsp3) is 0.500. The number of rotatable bonds is 5. The minimum atomic E-state index is -0.444.